The van der Waals surface area contributed by atoms with E-state index < -0.39 is 10.2 Å². The molecule has 1 heterocycles. The fourth-order valence-corrected chi connectivity index (χ4v) is 2.49. The summed E-state index contributed by atoms with van der Waals surface area (Å²) in [6.45, 7) is 0. The lowest BCUT2D eigenvalue weighted by Crippen LogP contribution is -2.29. The van der Waals surface area contributed by atoms with Gasteiger partial charge in [0.1, 0.15) is 0 Å². The van der Waals surface area contributed by atoms with Crippen LogP contribution < -0.4 is 0 Å². The van der Waals surface area contributed by atoms with E-state index in [1.165, 1.54) is 20.3 Å². The molecule has 7 heteroatoms. The molecule has 2 aromatic rings. The Morgan fingerprint density at radius 1 is 1.38 bits per heavy atom. The lowest BCUT2D eigenvalue weighted by molar-refractivity contribution is 0.504. The lowest BCUT2D eigenvalue weighted by atomic mass is 10.3. The highest BCUT2D eigenvalue weighted by Crippen LogP contribution is 2.23. The molecule has 0 radical (unpaired) electrons. The van der Waals surface area contributed by atoms with Crippen molar-refractivity contribution in [2.24, 2.45) is 0 Å². The number of benzene rings is 1. The summed E-state index contributed by atoms with van der Waals surface area (Å²) in [5.74, 6) is 0. The van der Waals surface area contributed by atoms with Gasteiger partial charge in [-0.1, -0.05) is 22.0 Å². The van der Waals surface area contributed by atoms with Gasteiger partial charge in [0.2, 0.25) is 0 Å². The van der Waals surface area contributed by atoms with Crippen LogP contribution in [0, 0.1) is 0 Å². The van der Waals surface area contributed by atoms with Crippen LogP contribution in [0.3, 0.4) is 0 Å². The second-order valence-corrected chi connectivity index (χ2v) is 6.32. The number of hydrogen-bond donors (Lipinski definition) is 0. The predicted molar refractivity (Wildman–Crippen MR) is 65.4 cm³/mol. The molecule has 1 aromatic carbocycles. The summed E-state index contributed by atoms with van der Waals surface area (Å²) in [6, 6.07) is 5.42. The van der Waals surface area contributed by atoms with Crippen molar-refractivity contribution in [1.29, 1.82) is 0 Å². The van der Waals surface area contributed by atoms with Crippen LogP contribution in [-0.2, 0) is 10.2 Å². The maximum atomic E-state index is 11.8. The first-order valence-electron chi connectivity index (χ1n) is 4.50. The molecule has 0 atom stereocenters. The maximum Gasteiger partial charge on any atom is 0.322 e. The van der Waals surface area contributed by atoms with Crippen LogP contribution in [0.25, 0.3) is 10.9 Å². The Morgan fingerprint density at radius 2 is 2.06 bits per heavy atom. The molecule has 16 heavy (non-hydrogen) atoms. The van der Waals surface area contributed by atoms with Crippen LogP contribution in [0.1, 0.15) is 0 Å². The summed E-state index contributed by atoms with van der Waals surface area (Å²) < 4.78 is 26.6. The highest BCUT2D eigenvalue weighted by atomic mass is 79.9. The highest BCUT2D eigenvalue weighted by Gasteiger charge is 2.18. The van der Waals surface area contributed by atoms with E-state index in [2.05, 4.69) is 21.0 Å². The molecule has 0 fully saturated rings. The van der Waals surface area contributed by atoms with Gasteiger partial charge in [0.25, 0.3) is 0 Å². The fraction of sp³-hybridized carbons (Fsp3) is 0.222. The summed E-state index contributed by atoms with van der Waals surface area (Å²) in [4.78, 5) is 0. The average molecular weight is 304 g/mol. The standard InChI is InChI=1S/C9H10BrN3O2S/c1-12(2)16(14,15)13-6-7-8(10)4-3-5-9(7)11-13/h3-6H,1-2H3. The van der Waals surface area contributed by atoms with Gasteiger partial charge in [-0.25, -0.2) is 0 Å². The zero-order chi connectivity index (χ0) is 11.9. The van der Waals surface area contributed by atoms with Gasteiger partial charge in [-0.05, 0) is 12.1 Å². The van der Waals surface area contributed by atoms with E-state index in [0.29, 0.717) is 5.52 Å². The summed E-state index contributed by atoms with van der Waals surface area (Å²) >= 11 is 3.35. The SMILES string of the molecule is CN(C)S(=O)(=O)n1cc2c(Br)cccc2n1. The maximum absolute atomic E-state index is 11.8. The molecule has 0 saturated heterocycles. The molecule has 0 aliphatic heterocycles. The first kappa shape index (κ1) is 11.6. The molecule has 0 saturated carbocycles. The molecular weight excluding hydrogens is 294 g/mol. The van der Waals surface area contributed by atoms with Crippen LogP contribution in [0.15, 0.2) is 28.9 Å². The van der Waals surface area contributed by atoms with E-state index in [9.17, 15) is 8.42 Å². The smallest absolute Gasteiger partial charge is 0.189 e. The first-order valence-corrected chi connectivity index (χ1v) is 6.69. The van der Waals surface area contributed by atoms with E-state index >= 15 is 0 Å². The fourth-order valence-electron chi connectivity index (χ4n) is 1.27. The largest absolute Gasteiger partial charge is 0.322 e. The van der Waals surface area contributed by atoms with Crippen LogP contribution in [0.2, 0.25) is 0 Å². The van der Waals surface area contributed by atoms with Crippen molar-refractivity contribution in [2.75, 3.05) is 14.1 Å². The second-order valence-electron chi connectivity index (χ2n) is 3.46. The van der Waals surface area contributed by atoms with Crippen molar-refractivity contribution in [2.45, 2.75) is 0 Å². The van der Waals surface area contributed by atoms with Gasteiger partial charge in [-0.15, -0.1) is 0 Å². The average Bonchev–Trinajstić information content (AvgIpc) is 2.63. The molecular formula is C9H10BrN3O2S. The van der Waals surface area contributed by atoms with Gasteiger partial charge in [0.15, 0.2) is 0 Å². The Hall–Kier alpha value is -0.920. The molecule has 0 unspecified atom stereocenters. The first-order chi connectivity index (χ1) is 7.43. The molecule has 0 aliphatic carbocycles. The zero-order valence-corrected chi connectivity index (χ0v) is 11.2. The Kier molecular flexibility index (Phi) is 2.77. The van der Waals surface area contributed by atoms with Gasteiger partial charge < -0.3 is 0 Å². The Labute approximate surface area is 102 Å². The van der Waals surface area contributed by atoms with Gasteiger partial charge >= 0.3 is 10.2 Å². The Bertz CT molecular complexity index is 633. The molecule has 5 nitrogen and oxygen atoms in total. The number of fused-ring (bicyclic) bond motifs is 1. The zero-order valence-electron chi connectivity index (χ0n) is 8.75. The Morgan fingerprint density at radius 3 is 2.62 bits per heavy atom. The third-order valence-electron chi connectivity index (χ3n) is 2.17. The third kappa shape index (κ3) is 1.74. The normalized spacial score (nSPS) is 12.5. The number of halogens is 1. The predicted octanol–water partition coefficient (Wildman–Crippen LogP) is 1.45. The van der Waals surface area contributed by atoms with Gasteiger partial charge in [0, 0.05) is 24.0 Å². The van der Waals surface area contributed by atoms with Crippen molar-refractivity contribution >= 4 is 37.0 Å². The highest BCUT2D eigenvalue weighted by molar-refractivity contribution is 9.10. The molecule has 0 aliphatic rings. The summed E-state index contributed by atoms with van der Waals surface area (Å²) in [7, 11) is -0.600. The van der Waals surface area contributed by atoms with Gasteiger partial charge in [0.05, 0.1) is 11.7 Å². The minimum absolute atomic E-state index is 0.639. The van der Waals surface area contributed by atoms with Crippen LogP contribution in [0.5, 0.6) is 0 Å². The van der Waals surface area contributed by atoms with E-state index in [0.717, 1.165) is 18.3 Å². The minimum Gasteiger partial charge on any atom is -0.189 e. The monoisotopic (exact) mass is 303 g/mol. The lowest BCUT2D eigenvalue weighted by Gasteiger charge is -2.09. The summed E-state index contributed by atoms with van der Waals surface area (Å²) in [6.07, 6.45) is 1.49. The van der Waals surface area contributed by atoms with Crippen molar-refractivity contribution < 1.29 is 8.42 Å². The minimum atomic E-state index is -3.54. The molecule has 0 amide bonds. The molecule has 86 valence electrons. The molecule has 0 N–H and O–H groups in total. The van der Waals surface area contributed by atoms with Crippen LogP contribution in [-0.4, -0.2) is 36.0 Å². The number of hydrogen-bond acceptors (Lipinski definition) is 3. The summed E-state index contributed by atoms with van der Waals surface area (Å²) in [5.41, 5.74) is 0.639. The van der Waals surface area contributed by atoms with Crippen molar-refractivity contribution in [3.8, 4) is 0 Å². The van der Waals surface area contributed by atoms with E-state index in [1.54, 1.807) is 6.07 Å². The number of nitrogens with zero attached hydrogens (tertiary/aromatic N) is 3. The second kappa shape index (κ2) is 3.83. The summed E-state index contributed by atoms with van der Waals surface area (Å²) in [5, 5.41) is 4.79. The third-order valence-corrected chi connectivity index (χ3v) is 4.45. The van der Waals surface area contributed by atoms with Crippen LogP contribution >= 0.6 is 15.9 Å². The van der Waals surface area contributed by atoms with E-state index in [4.69, 9.17) is 0 Å². The molecule has 0 spiro atoms. The van der Waals surface area contributed by atoms with Gasteiger partial charge in [-0.3, -0.25) is 0 Å². The Balaban J connectivity index is 2.70. The van der Waals surface area contributed by atoms with E-state index in [1.807, 2.05) is 12.1 Å². The van der Waals surface area contributed by atoms with Gasteiger partial charge in [-0.2, -0.15) is 21.9 Å². The number of aromatic nitrogens is 2. The van der Waals surface area contributed by atoms with Crippen molar-refractivity contribution in [3.63, 3.8) is 0 Å². The van der Waals surface area contributed by atoms with Crippen molar-refractivity contribution in [1.82, 2.24) is 13.5 Å². The van der Waals surface area contributed by atoms with E-state index in [-0.39, 0.29) is 0 Å². The topological polar surface area (TPSA) is 55.2 Å². The molecule has 2 rings (SSSR count). The van der Waals surface area contributed by atoms with Crippen LogP contribution in [0.4, 0.5) is 0 Å². The van der Waals surface area contributed by atoms with Crippen molar-refractivity contribution in [3.05, 3.63) is 28.9 Å². The quantitative estimate of drug-likeness (QED) is 0.844. The number of rotatable bonds is 2. The molecule has 1 aromatic heterocycles. The molecule has 0 bridgehead atoms.